The second-order valence-electron chi connectivity index (χ2n) is 8.72. The molecule has 35 heavy (non-hydrogen) atoms. The van der Waals surface area contributed by atoms with Gasteiger partial charge in [-0.25, -0.2) is 9.59 Å². The largest absolute Gasteiger partial charge is 0.480 e. The van der Waals surface area contributed by atoms with Crippen LogP contribution in [-0.4, -0.2) is 68.2 Å². The normalized spacial score (nSPS) is 18.7. The molecule has 1 saturated heterocycles. The van der Waals surface area contributed by atoms with Crippen molar-refractivity contribution in [2.45, 2.75) is 24.5 Å². The summed E-state index contributed by atoms with van der Waals surface area (Å²) >= 11 is 0. The van der Waals surface area contributed by atoms with Gasteiger partial charge < -0.3 is 19.8 Å². The average Bonchev–Trinajstić information content (AvgIpc) is 3.50. The number of β-amino-alcohol motifs (C(OH)–C–C–N with tert-alkyl or cyclic N) is 1. The van der Waals surface area contributed by atoms with E-state index in [9.17, 15) is 24.6 Å². The lowest BCUT2D eigenvalue weighted by Crippen LogP contribution is -2.40. The van der Waals surface area contributed by atoms with Gasteiger partial charge in [-0.1, -0.05) is 48.5 Å². The van der Waals surface area contributed by atoms with E-state index in [1.54, 1.807) is 7.05 Å². The number of aromatic nitrogens is 2. The van der Waals surface area contributed by atoms with E-state index in [0.717, 1.165) is 27.2 Å². The molecule has 180 valence electrons. The quantitative estimate of drug-likeness (QED) is 0.515. The molecule has 5 rings (SSSR count). The van der Waals surface area contributed by atoms with Gasteiger partial charge in [0.25, 0.3) is 5.91 Å². The molecule has 10 nitrogen and oxygen atoms in total. The standard InChI is InChI=1S/C25H24N4O6/c1-28-12-19(23(31)29-11-14(30)10-21(29)24(32)33)22(27-28)26-25(34)35-13-20-17-8-4-2-6-15(17)16-7-3-5-9-18(16)20/h2-9,12,14,20-21,30H,10-11,13H2,1H3,(H,32,33)(H,26,27,34)/t14-,21-/m0/s1. The molecule has 2 aromatic carbocycles. The van der Waals surface area contributed by atoms with Gasteiger partial charge in [-0.3, -0.25) is 14.8 Å². The Balaban J connectivity index is 1.31. The van der Waals surface area contributed by atoms with Crippen molar-refractivity contribution in [2.24, 2.45) is 7.05 Å². The molecule has 2 atom stereocenters. The van der Waals surface area contributed by atoms with Crippen molar-refractivity contribution >= 4 is 23.8 Å². The monoisotopic (exact) mass is 476 g/mol. The molecule has 2 amide bonds. The van der Waals surface area contributed by atoms with Crippen LogP contribution in [0.2, 0.25) is 0 Å². The Labute approximate surface area is 200 Å². The highest BCUT2D eigenvalue weighted by atomic mass is 16.5. The van der Waals surface area contributed by atoms with Crippen LogP contribution in [0.5, 0.6) is 0 Å². The van der Waals surface area contributed by atoms with Gasteiger partial charge in [0, 0.05) is 32.1 Å². The summed E-state index contributed by atoms with van der Waals surface area (Å²) in [5.74, 6) is -2.01. The summed E-state index contributed by atoms with van der Waals surface area (Å²) in [6, 6.07) is 14.8. The second kappa shape index (κ2) is 8.88. The number of amides is 2. The maximum atomic E-state index is 13.1. The molecule has 0 spiro atoms. The maximum Gasteiger partial charge on any atom is 0.412 e. The summed E-state index contributed by atoms with van der Waals surface area (Å²) < 4.78 is 6.87. The fraction of sp³-hybridized carbons (Fsp3) is 0.280. The van der Waals surface area contributed by atoms with Crippen LogP contribution in [0.4, 0.5) is 10.6 Å². The van der Waals surface area contributed by atoms with Gasteiger partial charge in [-0.2, -0.15) is 5.10 Å². The zero-order valence-corrected chi connectivity index (χ0v) is 18.9. The number of carbonyl (C=O) groups is 3. The molecule has 0 saturated carbocycles. The molecule has 2 aliphatic rings. The van der Waals surface area contributed by atoms with Crippen LogP contribution < -0.4 is 5.32 Å². The Morgan fingerprint density at radius 2 is 1.71 bits per heavy atom. The van der Waals surface area contributed by atoms with Gasteiger partial charge in [0.1, 0.15) is 18.2 Å². The number of aliphatic hydroxyl groups excluding tert-OH is 1. The molecule has 1 fully saturated rings. The number of carboxylic acids is 1. The fourth-order valence-corrected chi connectivity index (χ4v) is 4.90. The van der Waals surface area contributed by atoms with Gasteiger partial charge in [0.05, 0.1) is 6.10 Å². The van der Waals surface area contributed by atoms with Crippen molar-refractivity contribution in [3.8, 4) is 11.1 Å². The third kappa shape index (κ3) is 4.12. The Kier molecular flexibility index (Phi) is 5.73. The molecular weight excluding hydrogens is 452 g/mol. The smallest absolute Gasteiger partial charge is 0.412 e. The number of hydrogen-bond acceptors (Lipinski definition) is 6. The van der Waals surface area contributed by atoms with Crippen molar-refractivity contribution in [1.82, 2.24) is 14.7 Å². The first kappa shape index (κ1) is 22.6. The van der Waals surface area contributed by atoms with E-state index >= 15 is 0 Å². The van der Waals surface area contributed by atoms with E-state index in [1.165, 1.54) is 10.9 Å². The number of aryl methyl sites for hydroxylation is 1. The minimum atomic E-state index is -1.20. The molecule has 1 aliphatic heterocycles. The Hall–Kier alpha value is -4.18. The lowest BCUT2D eigenvalue weighted by molar-refractivity contribution is -0.141. The van der Waals surface area contributed by atoms with Crippen LogP contribution in [0.25, 0.3) is 11.1 Å². The molecule has 3 aromatic rings. The summed E-state index contributed by atoms with van der Waals surface area (Å²) in [6.07, 6.45) is -0.382. The van der Waals surface area contributed by atoms with Gasteiger partial charge in [0.15, 0.2) is 5.82 Å². The lowest BCUT2D eigenvalue weighted by Gasteiger charge is -2.21. The summed E-state index contributed by atoms with van der Waals surface area (Å²) in [5.41, 5.74) is 4.37. The number of rotatable bonds is 5. The highest BCUT2D eigenvalue weighted by Crippen LogP contribution is 2.44. The third-order valence-corrected chi connectivity index (χ3v) is 6.45. The minimum absolute atomic E-state index is 0.0151. The number of nitrogens with zero attached hydrogens (tertiary/aromatic N) is 3. The topological polar surface area (TPSA) is 134 Å². The number of carboxylic acid groups (broad SMARTS) is 1. The zero-order chi connectivity index (χ0) is 24.7. The van der Waals surface area contributed by atoms with Gasteiger partial charge in [0.2, 0.25) is 0 Å². The van der Waals surface area contributed by atoms with E-state index in [-0.39, 0.29) is 36.9 Å². The summed E-state index contributed by atoms with van der Waals surface area (Å²) in [6.45, 7) is -0.0234. The first-order valence-corrected chi connectivity index (χ1v) is 11.2. The van der Waals surface area contributed by atoms with Crippen LogP contribution in [0.15, 0.2) is 54.7 Å². The first-order chi connectivity index (χ1) is 16.8. The zero-order valence-electron chi connectivity index (χ0n) is 18.9. The number of likely N-dealkylation sites (tertiary alicyclic amines) is 1. The predicted molar refractivity (Wildman–Crippen MR) is 125 cm³/mol. The highest BCUT2D eigenvalue weighted by Gasteiger charge is 2.40. The number of aliphatic carboxylic acids is 1. The molecule has 0 bridgehead atoms. The van der Waals surface area contributed by atoms with Crippen molar-refractivity contribution in [3.63, 3.8) is 0 Å². The Bertz CT molecular complexity index is 1270. The number of hydrogen-bond donors (Lipinski definition) is 3. The number of nitrogens with one attached hydrogen (secondary N) is 1. The summed E-state index contributed by atoms with van der Waals surface area (Å²) in [7, 11) is 1.58. The summed E-state index contributed by atoms with van der Waals surface area (Å²) in [5, 5.41) is 25.9. The van der Waals surface area contributed by atoms with E-state index < -0.39 is 30.1 Å². The van der Waals surface area contributed by atoms with Gasteiger partial charge >= 0.3 is 12.1 Å². The molecule has 3 N–H and O–H groups in total. The van der Waals surface area contributed by atoms with E-state index in [1.807, 2.05) is 48.5 Å². The van der Waals surface area contributed by atoms with Crippen molar-refractivity contribution in [1.29, 1.82) is 0 Å². The van der Waals surface area contributed by atoms with Gasteiger partial charge in [-0.15, -0.1) is 0 Å². The predicted octanol–water partition coefficient (Wildman–Crippen LogP) is 2.44. The Morgan fingerprint density at radius 3 is 2.34 bits per heavy atom. The summed E-state index contributed by atoms with van der Waals surface area (Å²) in [4.78, 5) is 38.4. The number of aliphatic hydroxyl groups is 1. The van der Waals surface area contributed by atoms with E-state index in [2.05, 4.69) is 10.4 Å². The fourth-order valence-electron chi connectivity index (χ4n) is 4.90. The third-order valence-electron chi connectivity index (χ3n) is 6.45. The number of fused-ring (bicyclic) bond motifs is 3. The minimum Gasteiger partial charge on any atom is -0.480 e. The maximum absolute atomic E-state index is 13.1. The van der Waals surface area contributed by atoms with Gasteiger partial charge in [-0.05, 0) is 22.3 Å². The number of ether oxygens (including phenoxy) is 1. The molecule has 0 unspecified atom stereocenters. The molecular formula is C25H24N4O6. The van der Waals surface area contributed by atoms with Crippen LogP contribution >= 0.6 is 0 Å². The van der Waals surface area contributed by atoms with Crippen molar-refractivity contribution in [3.05, 3.63) is 71.4 Å². The van der Waals surface area contributed by atoms with Crippen molar-refractivity contribution in [2.75, 3.05) is 18.5 Å². The molecule has 1 aromatic heterocycles. The number of anilines is 1. The highest BCUT2D eigenvalue weighted by molar-refractivity contribution is 6.03. The van der Waals surface area contributed by atoms with Crippen LogP contribution in [0.3, 0.4) is 0 Å². The first-order valence-electron chi connectivity index (χ1n) is 11.2. The average molecular weight is 476 g/mol. The molecule has 1 aliphatic carbocycles. The van der Waals surface area contributed by atoms with Crippen LogP contribution in [0.1, 0.15) is 33.8 Å². The van der Waals surface area contributed by atoms with E-state index in [0.29, 0.717) is 0 Å². The molecule has 2 heterocycles. The Morgan fingerprint density at radius 1 is 1.09 bits per heavy atom. The van der Waals surface area contributed by atoms with Crippen LogP contribution in [0, 0.1) is 0 Å². The number of benzene rings is 2. The SMILES string of the molecule is Cn1cc(C(=O)N2C[C@@H](O)C[C@H]2C(=O)O)c(NC(=O)OCC2c3ccccc3-c3ccccc32)n1. The van der Waals surface area contributed by atoms with E-state index in [4.69, 9.17) is 4.74 Å². The second-order valence-corrected chi connectivity index (χ2v) is 8.72. The van der Waals surface area contributed by atoms with Crippen molar-refractivity contribution < 1.29 is 29.3 Å². The number of carbonyl (C=O) groups excluding carboxylic acids is 2. The molecule has 0 radical (unpaired) electrons. The molecule has 10 heteroatoms. The van der Waals surface area contributed by atoms with Crippen LogP contribution in [-0.2, 0) is 16.6 Å². The lowest BCUT2D eigenvalue weighted by atomic mass is 9.98.